The first-order valence-electron chi connectivity index (χ1n) is 8.82. The summed E-state index contributed by atoms with van der Waals surface area (Å²) in [5.41, 5.74) is 3.70. The van der Waals surface area contributed by atoms with Crippen LogP contribution in [0.25, 0.3) is 0 Å². The topological polar surface area (TPSA) is 61.4 Å². The number of H-pyrrole nitrogens is 1. The third-order valence-electron chi connectivity index (χ3n) is 4.90. The van der Waals surface area contributed by atoms with Crippen LogP contribution >= 0.6 is 11.6 Å². The Morgan fingerprint density at radius 2 is 2.08 bits per heavy atom. The van der Waals surface area contributed by atoms with Crippen molar-refractivity contribution in [1.29, 1.82) is 0 Å². The van der Waals surface area contributed by atoms with Gasteiger partial charge in [-0.1, -0.05) is 29.8 Å². The summed E-state index contributed by atoms with van der Waals surface area (Å²) in [6.45, 7) is 3.06. The van der Waals surface area contributed by atoms with Gasteiger partial charge in [0.2, 0.25) is 0 Å². The van der Waals surface area contributed by atoms with Crippen molar-refractivity contribution in [2.75, 3.05) is 13.1 Å². The lowest BCUT2D eigenvalue weighted by molar-refractivity contribution is 0.241. The van der Waals surface area contributed by atoms with E-state index in [9.17, 15) is 4.79 Å². The number of aromatic nitrogens is 2. The van der Waals surface area contributed by atoms with Crippen molar-refractivity contribution >= 4 is 17.3 Å². The molecule has 0 saturated carbocycles. The molecule has 3 heterocycles. The number of hydrogen-bond acceptors (Lipinski definition) is 4. The van der Waals surface area contributed by atoms with Crippen LogP contribution in [-0.2, 0) is 19.5 Å². The van der Waals surface area contributed by atoms with Crippen LogP contribution in [0.4, 0.5) is 0 Å². The molecule has 4 rings (SSSR count). The normalized spacial score (nSPS) is 17.9. The molecule has 0 unspecified atom stereocenters. The maximum Gasteiger partial charge on any atom is 0.255 e. The zero-order chi connectivity index (χ0) is 17.2. The Morgan fingerprint density at radius 1 is 1.20 bits per heavy atom. The molecule has 1 aromatic carbocycles. The fraction of sp³-hybridized carbons (Fsp3) is 0.421. The highest BCUT2D eigenvalue weighted by Crippen LogP contribution is 2.21. The van der Waals surface area contributed by atoms with Gasteiger partial charge in [0.1, 0.15) is 0 Å². The first kappa shape index (κ1) is 16.5. The number of aromatic amines is 1. The fourth-order valence-electron chi connectivity index (χ4n) is 3.51. The molecule has 1 N–H and O–H groups in total. The Balaban J connectivity index is 1.56. The van der Waals surface area contributed by atoms with Crippen LogP contribution in [0.1, 0.15) is 41.9 Å². The van der Waals surface area contributed by atoms with Crippen molar-refractivity contribution in [3.05, 3.63) is 62.3 Å². The van der Waals surface area contributed by atoms with Crippen LogP contribution in [0.2, 0.25) is 5.02 Å². The molecule has 2 aliphatic heterocycles. The minimum atomic E-state index is -0.0304. The van der Waals surface area contributed by atoms with E-state index in [0.29, 0.717) is 12.4 Å². The van der Waals surface area contributed by atoms with Crippen molar-refractivity contribution in [1.82, 2.24) is 14.9 Å². The smallest absolute Gasteiger partial charge is 0.255 e. The second-order valence-electron chi connectivity index (χ2n) is 6.68. The van der Waals surface area contributed by atoms with Gasteiger partial charge in [0, 0.05) is 37.6 Å². The summed E-state index contributed by atoms with van der Waals surface area (Å²) >= 11 is 6.26. The predicted octanol–water partition coefficient (Wildman–Crippen LogP) is 2.95. The maximum atomic E-state index is 12.6. The number of nitrogens with one attached hydrogen (secondary N) is 1. The SMILES string of the molecule is O=c1[nH]c(C2=NCCCC2)nc2c1CN(Cc1ccccc1Cl)CC2. The van der Waals surface area contributed by atoms with E-state index in [1.165, 1.54) is 0 Å². The first-order chi connectivity index (χ1) is 12.2. The summed E-state index contributed by atoms with van der Waals surface area (Å²) in [5.74, 6) is 0.669. The van der Waals surface area contributed by atoms with E-state index >= 15 is 0 Å². The number of nitrogens with zero attached hydrogens (tertiary/aromatic N) is 3. The van der Waals surface area contributed by atoms with E-state index in [1.807, 2.05) is 24.3 Å². The molecule has 0 aliphatic carbocycles. The van der Waals surface area contributed by atoms with Gasteiger partial charge in [-0.15, -0.1) is 0 Å². The summed E-state index contributed by atoms with van der Waals surface area (Å²) in [5, 5.41) is 0.769. The highest BCUT2D eigenvalue weighted by Gasteiger charge is 2.23. The lowest BCUT2D eigenvalue weighted by Gasteiger charge is -2.28. The van der Waals surface area contributed by atoms with Crippen LogP contribution in [0.3, 0.4) is 0 Å². The molecule has 0 fully saturated rings. The average Bonchev–Trinajstić information content (AvgIpc) is 2.65. The second-order valence-corrected chi connectivity index (χ2v) is 7.08. The highest BCUT2D eigenvalue weighted by atomic mass is 35.5. The van der Waals surface area contributed by atoms with E-state index in [0.717, 1.165) is 72.9 Å². The number of benzene rings is 1. The fourth-order valence-corrected chi connectivity index (χ4v) is 3.71. The third kappa shape index (κ3) is 3.53. The minimum Gasteiger partial charge on any atom is -0.305 e. The average molecular weight is 357 g/mol. The van der Waals surface area contributed by atoms with Crippen LogP contribution in [-0.4, -0.2) is 33.7 Å². The molecule has 2 aromatic rings. The van der Waals surface area contributed by atoms with E-state index in [1.54, 1.807) is 0 Å². The van der Waals surface area contributed by atoms with Crippen molar-refractivity contribution in [3.63, 3.8) is 0 Å². The van der Waals surface area contributed by atoms with Crippen LogP contribution in [0.5, 0.6) is 0 Å². The lowest BCUT2D eigenvalue weighted by atomic mass is 10.0. The van der Waals surface area contributed by atoms with E-state index < -0.39 is 0 Å². The molecule has 6 heteroatoms. The van der Waals surface area contributed by atoms with Crippen molar-refractivity contribution in [3.8, 4) is 0 Å². The summed E-state index contributed by atoms with van der Waals surface area (Å²) in [7, 11) is 0. The summed E-state index contributed by atoms with van der Waals surface area (Å²) in [6.07, 6.45) is 3.92. The molecule has 5 nitrogen and oxygen atoms in total. The molecule has 2 aliphatic rings. The number of halogens is 1. The maximum absolute atomic E-state index is 12.6. The van der Waals surface area contributed by atoms with Gasteiger partial charge in [-0.3, -0.25) is 14.7 Å². The van der Waals surface area contributed by atoms with Gasteiger partial charge in [0.05, 0.1) is 17.0 Å². The lowest BCUT2D eigenvalue weighted by Crippen LogP contribution is -2.36. The molecule has 25 heavy (non-hydrogen) atoms. The quantitative estimate of drug-likeness (QED) is 0.919. The predicted molar refractivity (Wildman–Crippen MR) is 99.4 cm³/mol. The van der Waals surface area contributed by atoms with Crippen LogP contribution in [0.15, 0.2) is 34.1 Å². The largest absolute Gasteiger partial charge is 0.305 e. The Kier molecular flexibility index (Phi) is 4.68. The molecule has 0 spiro atoms. The number of aliphatic imine (C=N–C) groups is 1. The van der Waals surface area contributed by atoms with E-state index in [-0.39, 0.29) is 5.56 Å². The molecule has 0 radical (unpaired) electrons. The van der Waals surface area contributed by atoms with E-state index in [4.69, 9.17) is 16.6 Å². The monoisotopic (exact) mass is 356 g/mol. The van der Waals surface area contributed by atoms with Gasteiger partial charge in [-0.2, -0.15) is 0 Å². The molecule has 0 amide bonds. The minimum absolute atomic E-state index is 0.0304. The second kappa shape index (κ2) is 7.10. The number of fused-ring (bicyclic) bond motifs is 1. The molecule has 1 aromatic heterocycles. The van der Waals surface area contributed by atoms with Gasteiger partial charge >= 0.3 is 0 Å². The zero-order valence-electron chi connectivity index (χ0n) is 14.1. The highest BCUT2D eigenvalue weighted by molar-refractivity contribution is 6.31. The Morgan fingerprint density at radius 3 is 2.88 bits per heavy atom. The molecule has 0 atom stereocenters. The molecular formula is C19H21ClN4O. The standard InChI is InChI=1S/C19H21ClN4O/c20-15-6-2-1-5-13(15)11-24-10-8-16-14(12-24)19(25)23-18(22-16)17-7-3-4-9-21-17/h1-2,5-6H,3-4,7-12H2,(H,22,23,25). The van der Waals surface area contributed by atoms with Crippen molar-refractivity contribution in [2.24, 2.45) is 4.99 Å². The van der Waals surface area contributed by atoms with Gasteiger partial charge < -0.3 is 4.98 Å². The summed E-state index contributed by atoms with van der Waals surface area (Å²) < 4.78 is 0. The molecular weight excluding hydrogens is 336 g/mol. The van der Waals surface area contributed by atoms with Gasteiger partial charge in [-0.05, 0) is 30.9 Å². The number of rotatable bonds is 3. The number of hydrogen-bond donors (Lipinski definition) is 1. The summed E-state index contributed by atoms with van der Waals surface area (Å²) in [4.78, 5) is 27.0. The van der Waals surface area contributed by atoms with Crippen molar-refractivity contribution < 1.29 is 0 Å². The van der Waals surface area contributed by atoms with Gasteiger partial charge in [-0.25, -0.2) is 4.98 Å². The Bertz CT molecular complexity index is 874. The van der Waals surface area contributed by atoms with Gasteiger partial charge in [0.25, 0.3) is 5.56 Å². The van der Waals surface area contributed by atoms with Gasteiger partial charge in [0.15, 0.2) is 5.82 Å². The Hall–Kier alpha value is -1.98. The first-order valence-corrected chi connectivity index (χ1v) is 9.20. The van der Waals surface area contributed by atoms with Crippen molar-refractivity contribution in [2.45, 2.75) is 38.8 Å². The molecule has 0 bridgehead atoms. The third-order valence-corrected chi connectivity index (χ3v) is 5.27. The molecule has 0 saturated heterocycles. The zero-order valence-corrected chi connectivity index (χ0v) is 14.9. The Labute approximate surface area is 151 Å². The van der Waals surface area contributed by atoms with E-state index in [2.05, 4.69) is 14.9 Å². The molecule has 130 valence electrons. The van der Waals surface area contributed by atoms with Crippen LogP contribution in [0, 0.1) is 0 Å². The summed E-state index contributed by atoms with van der Waals surface area (Å²) in [6, 6.07) is 7.86. The van der Waals surface area contributed by atoms with Crippen LogP contribution < -0.4 is 5.56 Å².